The van der Waals surface area contributed by atoms with Gasteiger partial charge in [0, 0.05) is 38.8 Å². The minimum atomic E-state index is 0.571. The van der Waals surface area contributed by atoms with E-state index in [1.54, 1.807) is 7.11 Å². The molecule has 1 N–H and O–H groups in total. The lowest BCUT2D eigenvalue weighted by atomic mass is 10.1. The molecule has 0 aromatic heterocycles. The molecule has 0 amide bonds. The second-order valence-corrected chi connectivity index (χ2v) is 5.46. The molecule has 4 heteroatoms. The molecule has 106 valence electrons. The second kappa shape index (κ2) is 6.89. The number of likely N-dealkylation sites (N-methyl/N-ethyl adjacent to an activating group) is 2. The Labute approximate surface area is 116 Å². The van der Waals surface area contributed by atoms with Gasteiger partial charge in [-0.3, -0.25) is 0 Å². The van der Waals surface area contributed by atoms with Gasteiger partial charge in [-0.2, -0.15) is 0 Å². The van der Waals surface area contributed by atoms with E-state index in [1.807, 2.05) is 12.1 Å². The van der Waals surface area contributed by atoms with Gasteiger partial charge in [0.2, 0.25) is 0 Å². The third-order valence-corrected chi connectivity index (χ3v) is 3.60. The quantitative estimate of drug-likeness (QED) is 0.859. The predicted octanol–water partition coefficient (Wildman–Crippen LogP) is 1.03. The van der Waals surface area contributed by atoms with Crippen molar-refractivity contribution in [1.29, 1.82) is 0 Å². The summed E-state index contributed by atoms with van der Waals surface area (Å²) in [5, 5.41) is 3.58. The van der Waals surface area contributed by atoms with Crippen LogP contribution < -0.4 is 10.1 Å². The van der Waals surface area contributed by atoms with Gasteiger partial charge in [-0.25, -0.2) is 0 Å². The maximum absolute atomic E-state index is 5.18. The van der Waals surface area contributed by atoms with E-state index in [0.717, 1.165) is 38.5 Å². The first-order chi connectivity index (χ1) is 9.17. The average Bonchev–Trinajstić information content (AvgIpc) is 2.39. The van der Waals surface area contributed by atoms with Gasteiger partial charge in [-0.05, 0) is 31.8 Å². The SMILES string of the molecule is COc1ccc(CN(C)CC2CN(C)CCN2)cc1. The van der Waals surface area contributed by atoms with Crippen LogP contribution in [0.3, 0.4) is 0 Å². The van der Waals surface area contributed by atoms with Crippen molar-refractivity contribution in [2.45, 2.75) is 12.6 Å². The van der Waals surface area contributed by atoms with Gasteiger partial charge in [0.05, 0.1) is 7.11 Å². The number of methoxy groups -OCH3 is 1. The molecule has 0 spiro atoms. The average molecular weight is 263 g/mol. The largest absolute Gasteiger partial charge is 0.497 e. The summed E-state index contributed by atoms with van der Waals surface area (Å²) >= 11 is 0. The Kier molecular flexibility index (Phi) is 5.19. The zero-order valence-electron chi connectivity index (χ0n) is 12.2. The van der Waals surface area contributed by atoms with E-state index in [4.69, 9.17) is 4.74 Å². The fraction of sp³-hybridized carbons (Fsp3) is 0.600. The normalized spacial score (nSPS) is 20.7. The molecule has 0 bridgehead atoms. The van der Waals surface area contributed by atoms with Gasteiger partial charge in [0.15, 0.2) is 0 Å². The number of ether oxygens (including phenoxy) is 1. The molecular formula is C15H25N3O. The topological polar surface area (TPSA) is 27.7 Å². The van der Waals surface area contributed by atoms with Crippen molar-refractivity contribution in [2.75, 3.05) is 47.4 Å². The molecule has 1 heterocycles. The van der Waals surface area contributed by atoms with E-state index in [2.05, 4.69) is 41.3 Å². The maximum Gasteiger partial charge on any atom is 0.118 e. The summed E-state index contributed by atoms with van der Waals surface area (Å²) in [4.78, 5) is 4.76. The zero-order chi connectivity index (χ0) is 13.7. The first-order valence-corrected chi connectivity index (χ1v) is 6.91. The van der Waals surface area contributed by atoms with Gasteiger partial charge in [0.25, 0.3) is 0 Å². The van der Waals surface area contributed by atoms with Crippen molar-refractivity contribution < 1.29 is 4.74 Å². The van der Waals surface area contributed by atoms with Crippen molar-refractivity contribution in [3.63, 3.8) is 0 Å². The van der Waals surface area contributed by atoms with Crippen LogP contribution in [-0.2, 0) is 6.54 Å². The Bertz CT molecular complexity index is 379. The van der Waals surface area contributed by atoms with Crippen molar-refractivity contribution in [2.24, 2.45) is 0 Å². The molecule has 1 saturated heterocycles. The van der Waals surface area contributed by atoms with Crippen LogP contribution >= 0.6 is 0 Å². The minimum Gasteiger partial charge on any atom is -0.497 e. The Morgan fingerprint density at radius 3 is 2.74 bits per heavy atom. The number of nitrogens with zero attached hydrogens (tertiary/aromatic N) is 2. The van der Waals surface area contributed by atoms with Crippen LogP contribution in [0, 0.1) is 0 Å². The summed E-state index contributed by atoms with van der Waals surface area (Å²) in [7, 11) is 6.07. The highest BCUT2D eigenvalue weighted by Gasteiger charge is 2.17. The van der Waals surface area contributed by atoms with Crippen LogP contribution in [0.15, 0.2) is 24.3 Å². The summed E-state index contributed by atoms with van der Waals surface area (Å²) in [6.07, 6.45) is 0. The van der Waals surface area contributed by atoms with Crippen LogP contribution in [0.4, 0.5) is 0 Å². The van der Waals surface area contributed by atoms with E-state index < -0.39 is 0 Å². The maximum atomic E-state index is 5.18. The summed E-state index contributed by atoms with van der Waals surface area (Å²) in [5.74, 6) is 0.918. The lowest BCUT2D eigenvalue weighted by Crippen LogP contribution is -2.53. The molecule has 2 rings (SSSR count). The number of piperazine rings is 1. The molecule has 1 atom stereocenters. The highest BCUT2D eigenvalue weighted by atomic mass is 16.5. The molecule has 1 fully saturated rings. The van der Waals surface area contributed by atoms with Crippen molar-refractivity contribution in [1.82, 2.24) is 15.1 Å². The smallest absolute Gasteiger partial charge is 0.118 e. The third kappa shape index (κ3) is 4.49. The first-order valence-electron chi connectivity index (χ1n) is 6.91. The number of nitrogens with one attached hydrogen (secondary N) is 1. The third-order valence-electron chi connectivity index (χ3n) is 3.60. The summed E-state index contributed by atoms with van der Waals surface area (Å²) < 4.78 is 5.18. The molecule has 0 saturated carbocycles. The van der Waals surface area contributed by atoms with Crippen LogP contribution in [0.5, 0.6) is 5.75 Å². The molecule has 1 aromatic rings. The van der Waals surface area contributed by atoms with Crippen LogP contribution in [-0.4, -0.2) is 63.2 Å². The van der Waals surface area contributed by atoms with E-state index in [0.29, 0.717) is 6.04 Å². The molecule has 4 nitrogen and oxygen atoms in total. The minimum absolute atomic E-state index is 0.571. The molecule has 1 aromatic carbocycles. The summed E-state index contributed by atoms with van der Waals surface area (Å²) in [6, 6.07) is 8.89. The van der Waals surface area contributed by atoms with Gasteiger partial charge < -0.3 is 19.9 Å². The van der Waals surface area contributed by atoms with Crippen LogP contribution in [0.2, 0.25) is 0 Å². The molecule has 1 unspecified atom stereocenters. The molecule has 1 aliphatic heterocycles. The monoisotopic (exact) mass is 263 g/mol. The summed E-state index contributed by atoms with van der Waals surface area (Å²) in [5.41, 5.74) is 1.33. The van der Waals surface area contributed by atoms with Crippen molar-refractivity contribution >= 4 is 0 Å². The standard InChI is InChI=1S/C15H25N3O/c1-17-9-8-16-14(11-17)12-18(2)10-13-4-6-15(19-3)7-5-13/h4-7,14,16H,8-12H2,1-3H3. The van der Waals surface area contributed by atoms with Gasteiger partial charge in [-0.1, -0.05) is 12.1 Å². The van der Waals surface area contributed by atoms with Crippen LogP contribution in [0.1, 0.15) is 5.56 Å². The van der Waals surface area contributed by atoms with Crippen LogP contribution in [0.25, 0.3) is 0 Å². The van der Waals surface area contributed by atoms with E-state index in [-0.39, 0.29) is 0 Å². The van der Waals surface area contributed by atoms with Crippen molar-refractivity contribution in [3.05, 3.63) is 29.8 Å². The lowest BCUT2D eigenvalue weighted by molar-refractivity contribution is 0.192. The predicted molar refractivity (Wildman–Crippen MR) is 78.6 cm³/mol. The Balaban J connectivity index is 1.81. The van der Waals surface area contributed by atoms with E-state index in [1.165, 1.54) is 5.56 Å². The molecule has 19 heavy (non-hydrogen) atoms. The highest BCUT2D eigenvalue weighted by Crippen LogP contribution is 2.12. The van der Waals surface area contributed by atoms with Gasteiger partial charge >= 0.3 is 0 Å². The Morgan fingerprint density at radius 1 is 1.37 bits per heavy atom. The zero-order valence-corrected chi connectivity index (χ0v) is 12.2. The fourth-order valence-electron chi connectivity index (χ4n) is 2.60. The fourth-order valence-corrected chi connectivity index (χ4v) is 2.60. The number of rotatable bonds is 5. The first kappa shape index (κ1) is 14.3. The lowest BCUT2D eigenvalue weighted by Gasteiger charge is -2.33. The Hall–Kier alpha value is -1.10. The Morgan fingerprint density at radius 2 is 2.11 bits per heavy atom. The van der Waals surface area contributed by atoms with E-state index in [9.17, 15) is 0 Å². The molecule has 0 radical (unpaired) electrons. The number of hydrogen-bond donors (Lipinski definition) is 1. The van der Waals surface area contributed by atoms with Crippen molar-refractivity contribution in [3.8, 4) is 5.75 Å². The number of benzene rings is 1. The highest BCUT2D eigenvalue weighted by molar-refractivity contribution is 5.27. The molecular weight excluding hydrogens is 238 g/mol. The molecule has 1 aliphatic rings. The van der Waals surface area contributed by atoms with Gasteiger partial charge in [-0.15, -0.1) is 0 Å². The van der Waals surface area contributed by atoms with Gasteiger partial charge in [0.1, 0.15) is 5.75 Å². The van der Waals surface area contributed by atoms with E-state index >= 15 is 0 Å². The second-order valence-electron chi connectivity index (χ2n) is 5.46. The molecule has 0 aliphatic carbocycles. The number of hydrogen-bond acceptors (Lipinski definition) is 4. The summed E-state index contributed by atoms with van der Waals surface area (Å²) in [6.45, 7) is 5.44.